The Morgan fingerprint density at radius 2 is 1.82 bits per heavy atom. The molecule has 0 atom stereocenters. The molecule has 5 nitrogen and oxygen atoms in total. The summed E-state index contributed by atoms with van der Waals surface area (Å²) in [5.74, 6) is -0.0443. The molecule has 2 fully saturated rings. The first-order chi connectivity index (χ1) is 10.6. The Balaban J connectivity index is 1.64. The third-order valence-electron chi connectivity index (χ3n) is 4.63. The Hall–Kier alpha value is -1.88. The van der Waals surface area contributed by atoms with Gasteiger partial charge in [-0.25, -0.2) is 9.69 Å². The van der Waals surface area contributed by atoms with E-state index in [1.807, 2.05) is 42.3 Å². The Bertz CT molecular complexity index is 552. The summed E-state index contributed by atoms with van der Waals surface area (Å²) in [5, 5.41) is 2.95. The van der Waals surface area contributed by atoms with Crippen LogP contribution in [0.1, 0.15) is 37.7 Å². The number of urea groups is 1. The third-order valence-corrected chi connectivity index (χ3v) is 4.63. The quantitative estimate of drug-likeness (QED) is 0.868. The molecule has 3 amide bonds. The minimum absolute atomic E-state index is 0.0443. The fourth-order valence-electron chi connectivity index (χ4n) is 3.49. The number of hydrogen-bond donors (Lipinski definition) is 1. The van der Waals surface area contributed by atoms with Crippen LogP contribution in [0.15, 0.2) is 30.3 Å². The minimum Gasteiger partial charge on any atom is -0.323 e. The maximum Gasteiger partial charge on any atom is 0.326 e. The molecule has 0 unspecified atom stereocenters. The Kier molecular flexibility index (Phi) is 4.16. The summed E-state index contributed by atoms with van der Waals surface area (Å²) in [6.07, 6.45) is 4.73. The Morgan fingerprint density at radius 3 is 2.50 bits per heavy atom. The number of imide groups is 1. The van der Waals surface area contributed by atoms with Crippen LogP contribution < -0.4 is 5.32 Å². The summed E-state index contributed by atoms with van der Waals surface area (Å²) < 4.78 is 0. The number of benzene rings is 1. The molecule has 0 bridgehead atoms. The van der Waals surface area contributed by atoms with Gasteiger partial charge in [0, 0.05) is 6.54 Å². The monoisotopic (exact) mass is 301 g/mol. The fraction of sp³-hybridized carbons (Fsp3) is 0.529. The number of rotatable bonds is 4. The molecule has 0 aromatic heterocycles. The summed E-state index contributed by atoms with van der Waals surface area (Å²) in [4.78, 5) is 28.3. The first-order valence-corrected chi connectivity index (χ1v) is 7.97. The molecule has 1 aromatic rings. The van der Waals surface area contributed by atoms with Crippen molar-refractivity contribution in [2.75, 3.05) is 13.7 Å². The van der Waals surface area contributed by atoms with Crippen molar-refractivity contribution < 1.29 is 9.59 Å². The van der Waals surface area contributed by atoms with Gasteiger partial charge in [-0.3, -0.25) is 9.69 Å². The van der Waals surface area contributed by atoms with Gasteiger partial charge in [-0.1, -0.05) is 49.6 Å². The molecular formula is C17H23N3O2. The molecule has 1 saturated carbocycles. The van der Waals surface area contributed by atoms with E-state index in [2.05, 4.69) is 5.32 Å². The lowest BCUT2D eigenvalue weighted by molar-refractivity contribution is -0.133. The summed E-state index contributed by atoms with van der Waals surface area (Å²) in [5.41, 5.74) is 0.549. The molecule has 1 heterocycles. The molecule has 1 aliphatic carbocycles. The number of hydrogen-bond acceptors (Lipinski definition) is 3. The van der Waals surface area contributed by atoms with Gasteiger partial charge in [0.25, 0.3) is 5.91 Å². The highest BCUT2D eigenvalue weighted by atomic mass is 16.2. The van der Waals surface area contributed by atoms with Crippen LogP contribution in [0.2, 0.25) is 0 Å². The lowest BCUT2D eigenvalue weighted by Gasteiger charge is -2.31. The van der Waals surface area contributed by atoms with Crippen molar-refractivity contribution in [3.63, 3.8) is 0 Å². The van der Waals surface area contributed by atoms with Crippen LogP contribution in [-0.2, 0) is 11.3 Å². The van der Waals surface area contributed by atoms with Crippen molar-refractivity contribution >= 4 is 11.9 Å². The number of nitrogens with zero attached hydrogens (tertiary/aromatic N) is 2. The molecule has 0 radical (unpaired) electrons. The number of nitrogens with one attached hydrogen (secondary N) is 1. The Morgan fingerprint density at radius 1 is 1.14 bits per heavy atom. The molecule has 2 aliphatic rings. The smallest absolute Gasteiger partial charge is 0.323 e. The van der Waals surface area contributed by atoms with E-state index >= 15 is 0 Å². The second kappa shape index (κ2) is 6.08. The molecule has 118 valence electrons. The summed E-state index contributed by atoms with van der Waals surface area (Å²) in [7, 11) is 1.93. The number of carbonyl (C=O) groups excluding carboxylic acids is 2. The van der Waals surface area contributed by atoms with Crippen LogP contribution in [0.5, 0.6) is 0 Å². The lowest BCUT2D eigenvalue weighted by Crippen LogP contribution is -2.48. The topological polar surface area (TPSA) is 52.6 Å². The van der Waals surface area contributed by atoms with Gasteiger partial charge in [-0.2, -0.15) is 0 Å². The average molecular weight is 301 g/mol. The van der Waals surface area contributed by atoms with E-state index < -0.39 is 5.54 Å². The van der Waals surface area contributed by atoms with Gasteiger partial charge in [-0.15, -0.1) is 0 Å². The molecule has 1 N–H and O–H groups in total. The van der Waals surface area contributed by atoms with Crippen LogP contribution in [-0.4, -0.2) is 41.0 Å². The highest BCUT2D eigenvalue weighted by Gasteiger charge is 2.51. The zero-order valence-electron chi connectivity index (χ0n) is 13.0. The molecule has 1 saturated heterocycles. The van der Waals surface area contributed by atoms with E-state index in [0.29, 0.717) is 13.2 Å². The first-order valence-electron chi connectivity index (χ1n) is 7.97. The molecular weight excluding hydrogens is 278 g/mol. The minimum atomic E-state index is -0.622. The van der Waals surface area contributed by atoms with E-state index in [0.717, 1.165) is 32.1 Å². The standard InChI is InChI=1S/C17H23N3O2/c1-19(12-14-8-4-2-5-9-14)13-20-15(21)17(18-16(20)22)10-6-3-7-11-17/h2,4-5,8-9H,3,6-7,10-13H2,1H3,(H,18,22). The second-order valence-corrected chi connectivity index (χ2v) is 6.45. The van der Waals surface area contributed by atoms with E-state index in [1.54, 1.807) is 0 Å². The van der Waals surface area contributed by atoms with Gasteiger partial charge in [0.1, 0.15) is 5.54 Å². The maximum atomic E-state index is 12.7. The molecule has 1 aromatic carbocycles. The van der Waals surface area contributed by atoms with E-state index in [1.165, 1.54) is 10.5 Å². The van der Waals surface area contributed by atoms with Crippen LogP contribution in [0.25, 0.3) is 0 Å². The second-order valence-electron chi connectivity index (χ2n) is 6.45. The molecule has 1 aliphatic heterocycles. The number of amides is 3. The van der Waals surface area contributed by atoms with Crippen LogP contribution in [0.3, 0.4) is 0 Å². The first kappa shape index (κ1) is 15.0. The summed E-state index contributed by atoms with van der Waals surface area (Å²) in [6.45, 7) is 1.05. The lowest BCUT2D eigenvalue weighted by atomic mass is 9.82. The Labute approximate surface area is 131 Å². The van der Waals surface area contributed by atoms with Crippen molar-refractivity contribution in [2.45, 2.75) is 44.2 Å². The molecule has 22 heavy (non-hydrogen) atoms. The normalized spacial score (nSPS) is 20.7. The van der Waals surface area contributed by atoms with E-state index in [4.69, 9.17) is 0 Å². The summed E-state index contributed by atoms with van der Waals surface area (Å²) >= 11 is 0. The highest BCUT2D eigenvalue weighted by Crippen LogP contribution is 2.33. The highest BCUT2D eigenvalue weighted by molar-refractivity contribution is 6.07. The third kappa shape index (κ3) is 2.86. The molecule has 1 spiro atoms. The average Bonchev–Trinajstić information content (AvgIpc) is 2.73. The zero-order valence-corrected chi connectivity index (χ0v) is 13.0. The van der Waals surface area contributed by atoms with Crippen LogP contribution >= 0.6 is 0 Å². The van der Waals surface area contributed by atoms with Crippen LogP contribution in [0.4, 0.5) is 4.79 Å². The van der Waals surface area contributed by atoms with Crippen LogP contribution in [0, 0.1) is 0 Å². The van der Waals surface area contributed by atoms with Crippen molar-refractivity contribution in [2.24, 2.45) is 0 Å². The van der Waals surface area contributed by atoms with Gasteiger partial charge in [0.2, 0.25) is 0 Å². The molecule has 3 rings (SSSR count). The van der Waals surface area contributed by atoms with E-state index in [-0.39, 0.29) is 11.9 Å². The largest absolute Gasteiger partial charge is 0.326 e. The summed E-state index contributed by atoms with van der Waals surface area (Å²) in [6, 6.07) is 9.82. The van der Waals surface area contributed by atoms with Gasteiger partial charge in [0.05, 0.1) is 6.67 Å². The van der Waals surface area contributed by atoms with Crippen molar-refractivity contribution in [3.8, 4) is 0 Å². The van der Waals surface area contributed by atoms with Gasteiger partial charge in [-0.05, 0) is 25.5 Å². The predicted molar refractivity (Wildman–Crippen MR) is 84.0 cm³/mol. The number of carbonyl (C=O) groups is 2. The van der Waals surface area contributed by atoms with E-state index in [9.17, 15) is 9.59 Å². The van der Waals surface area contributed by atoms with Crippen molar-refractivity contribution in [3.05, 3.63) is 35.9 Å². The van der Waals surface area contributed by atoms with Gasteiger partial charge in [0.15, 0.2) is 0 Å². The molecule has 5 heteroatoms. The predicted octanol–water partition coefficient (Wildman–Crippen LogP) is 2.33. The van der Waals surface area contributed by atoms with Gasteiger partial charge < -0.3 is 5.32 Å². The zero-order chi connectivity index (χ0) is 15.6. The fourth-order valence-corrected chi connectivity index (χ4v) is 3.49. The van der Waals surface area contributed by atoms with Crippen molar-refractivity contribution in [1.29, 1.82) is 0 Å². The SMILES string of the molecule is CN(Cc1ccccc1)CN1C(=O)NC2(CCCCC2)C1=O. The maximum absolute atomic E-state index is 12.7. The van der Waals surface area contributed by atoms with Crippen molar-refractivity contribution in [1.82, 2.24) is 15.1 Å². The van der Waals surface area contributed by atoms with Gasteiger partial charge >= 0.3 is 6.03 Å².